The zero-order valence-electron chi connectivity index (χ0n) is 11.8. The predicted molar refractivity (Wildman–Crippen MR) is 81.2 cm³/mol. The van der Waals surface area contributed by atoms with Crippen LogP contribution in [0.3, 0.4) is 0 Å². The Morgan fingerprint density at radius 2 is 2.10 bits per heavy atom. The van der Waals surface area contributed by atoms with Gasteiger partial charge >= 0.3 is 0 Å². The van der Waals surface area contributed by atoms with Gasteiger partial charge in [0.05, 0.1) is 11.7 Å². The van der Waals surface area contributed by atoms with Gasteiger partial charge in [0, 0.05) is 6.20 Å². The smallest absolute Gasteiger partial charge is 0.0881 e. The van der Waals surface area contributed by atoms with E-state index in [1.165, 1.54) is 36.0 Å². The van der Waals surface area contributed by atoms with Gasteiger partial charge in [-0.1, -0.05) is 30.7 Å². The second-order valence-corrected chi connectivity index (χ2v) is 5.66. The van der Waals surface area contributed by atoms with E-state index in [0.29, 0.717) is 0 Å². The number of nitrogens with two attached hydrogens (primary N) is 1. The highest BCUT2D eigenvalue weighted by Crippen LogP contribution is 2.37. The first kappa shape index (κ1) is 13.3. The molecule has 0 radical (unpaired) electrons. The summed E-state index contributed by atoms with van der Waals surface area (Å²) in [5.41, 5.74) is 7.69. The average molecular weight is 267 g/mol. The third-order valence-electron chi connectivity index (χ3n) is 4.22. The van der Waals surface area contributed by atoms with E-state index in [-0.39, 0.29) is 6.04 Å². The van der Waals surface area contributed by atoms with Gasteiger partial charge in [-0.2, -0.15) is 0 Å². The van der Waals surface area contributed by atoms with Crippen LogP contribution in [0.1, 0.15) is 53.6 Å². The molecule has 20 heavy (non-hydrogen) atoms. The summed E-state index contributed by atoms with van der Waals surface area (Å²) in [4.78, 5) is 4.45. The number of aryl methyl sites for hydroxylation is 1. The summed E-state index contributed by atoms with van der Waals surface area (Å²) in [5, 5.41) is 0. The van der Waals surface area contributed by atoms with Gasteiger partial charge in [0.15, 0.2) is 0 Å². The van der Waals surface area contributed by atoms with Crippen LogP contribution in [0.25, 0.3) is 0 Å². The fourth-order valence-electron chi connectivity index (χ4n) is 2.80. The van der Waals surface area contributed by atoms with Crippen LogP contribution in [0.5, 0.6) is 0 Å². The van der Waals surface area contributed by atoms with Crippen molar-refractivity contribution in [1.29, 1.82) is 0 Å². The lowest BCUT2D eigenvalue weighted by atomic mass is 9.79. The lowest BCUT2D eigenvalue weighted by Gasteiger charge is -2.27. The molecule has 1 aliphatic carbocycles. The number of hydrogen-bond acceptors (Lipinski definition) is 3. The van der Waals surface area contributed by atoms with Crippen LogP contribution in [0.2, 0.25) is 0 Å². The van der Waals surface area contributed by atoms with Crippen molar-refractivity contribution in [3.63, 3.8) is 0 Å². The molecule has 0 bridgehead atoms. The van der Waals surface area contributed by atoms with Gasteiger partial charge in [0.2, 0.25) is 0 Å². The van der Waals surface area contributed by atoms with E-state index in [1.54, 1.807) is 0 Å². The summed E-state index contributed by atoms with van der Waals surface area (Å²) in [6, 6.07) is 12.8. The van der Waals surface area contributed by atoms with Gasteiger partial charge < -0.3 is 0 Å². The zero-order chi connectivity index (χ0) is 13.9. The molecule has 3 N–H and O–H groups in total. The van der Waals surface area contributed by atoms with E-state index >= 15 is 0 Å². The molecule has 3 rings (SSSR count). The van der Waals surface area contributed by atoms with Crippen molar-refractivity contribution >= 4 is 0 Å². The molecule has 1 aliphatic rings. The number of hydrogen-bond donors (Lipinski definition) is 2. The number of hydrazine groups is 1. The molecule has 3 heteroatoms. The van der Waals surface area contributed by atoms with Crippen molar-refractivity contribution in [2.24, 2.45) is 5.84 Å². The first-order valence-electron chi connectivity index (χ1n) is 7.26. The first-order valence-corrected chi connectivity index (χ1v) is 7.26. The minimum absolute atomic E-state index is 0.0464. The largest absolute Gasteiger partial charge is 0.271 e. The number of rotatable bonds is 4. The molecule has 1 fully saturated rings. The third-order valence-corrected chi connectivity index (χ3v) is 4.22. The van der Waals surface area contributed by atoms with Gasteiger partial charge in [-0.15, -0.1) is 0 Å². The highest BCUT2D eigenvalue weighted by atomic mass is 15.2. The van der Waals surface area contributed by atoms with Crippen molar-refractivity contribution in [3.05, 3.63) is 65.0 Å². The Hall–Kier alpha value is -1.71. The Bertz CT molecular complexity index is 590. The molecule has 0 amide bonds. The number of aromatic nitrogens is 1. The highest BCUT2D eigenvalue weighted by Gasteiger charge is 2.21. The Morgan fingerprint density at radius 3 is 2.75 bits per heavy atom. The van der Waals surface area contributed by atoms with E-state index in [9.17, 15) is 0 Å². The molecular weight excluding hydrogens is 246 g/mol. The normalized spacial score (nSPS) is 16.7. The Morgan fingerprint density at radius 1 is 1.25 bits per heavy atom. The molecule has 1 aromatic carbocycles. The summed E-state index contributed by atoms with van der Waals surface area (Å²) in [6.45, 7) is 2.07. The molecule has 104 valence electrons. The summed E-state index contributed by atoms with van der Waals surface area (Å²) in [6.07, 6.45) is 5.82. The van der Waals surface area contributed by atoms with Gasteiger partial charge in [-0.3, -0.25) is 10.8 Å². The van der Waals surface area contributed by atoms with Crippen LogP contribution >= 0.6 is 0 Å². The van der Waals surface area contributed by atoms with Crippen LogP contribution in [0.15, 0.2) is 42.6 Å². The minimum Gasteiger partial charge on any atom is -0.271 e. The van der Waals surface area contributed by atoms with Crippen LogP contribution < -0.4 is 11.3 Å². The van der Waals surface area contributed by atoms with Gasteiger partial charge in [0.25, 0.3) is 0 Å². The first-order chi connectivity index (χ1) is 9.78. The van der Waals surface area contributed by atoms with E-state index in [0.717, 1.165) is 11.6 Å². The van der Waals surface area contributed by atoms with E-state index in [1.807, 2.05) is 12.3 Å². The number of nitrogens with one attached hydrogen (secondary N) is 1. The summed E-state index contributed by atoms with van der Waals surface area (Å²) in [5.74, 6) is 6.50. The maximum Gasteiger partial charge on any atom is 0.0881 e. The molecule has 1 aromatic heterocycles. The average Bonchev–Trinajstić information content (AvgIpc) is 2.38. The lowest BCUT2D eigenvalue weighted by molar-refractivity contribution is 0.419. The highest BCUT2D eigenvalue weighted by molar-refractivity contribution is 5.34. The topological polar surface area (TPSA) is 50.9 Å². The fraction of sp³-hybridized carbons (Fsp3) is 0.353. The SMILES string of the molecule is Cc1ccnc(C(NN)c2cccc(C3CCC3)c2)c1. The molecule has 3 nitrogen and oxygen atoms in total. The molecule has 1 saturated carbocycles. The van der Waals surface area contributed by atoms with Crippen molar-refractivity contribution in [3.8, 4) is 0 Å². The van der Waals surface area contributed by atoms with Gasteiger partial charge in [-0.05, 0) is 54.5 Å². The van der Waals surface area contributed by atoms with Crippen molar-refractivity contribution < 1.29 is 0 Å². The van der Waals surface area contributed by atoms with Gasteiger partial charge in [0.1, 0.15) is 0 Å². The third kappa shape index (κ3) is 2.60. The maximum atomic E-state index is 5.77. The number of benzene rings is 1. The van der Waals surface area contributed by atoms with Crippen LogP contribution in [-0.2, 0) is 0 Å². The fourth-order valence-corrected chi connectivity index (χ4v) is 2.80. The molecule has 1 unspecified atom stereocenters. The van der Waals surface area contributed by atoms with Crippen LogP contribution in [0, 0.1) is 6.92 Å². The number of nitrogens with zero attached hydrogens (tertiary/aromatic N) is 1. The van der Waals surface area contributed by atoms with Crippen molar-refractivity contribution in [1.82, 2.24) is 10.4 Å². The Kier molecular flexibility index (Phi) is 3.81. The molecule has 1 atom stereocenters. The van der Waals surface area contributed by atoms with Crippen LogP contribution in [-0.4, -0.2) is 4.98 Å². The molecular formula is C17H21N3. The maximum absolute atomic E-state index is 5.77. The predicted octanol–water partition coefficient (Wildman–Crippen LogP) is 3.21. The monoisotopic (exact) mass is 267 g/mol. The second kappa shape index (κ2) is 5.73. The molecule has 0 aliphatic heterocycles. The summed E-state index contributed by atoms with van der Waals surface area (Å²) in [7, 11) is 0. The second-order valence-electron chi connectivity index (χ2n) is 5.66. The summed E-state index contributed by atoms with van der Waals surface area (Å²) < 4.78 is 0. The van der Waals surface area contributed by atoms with Crippen molar-refractivity contribution in [2.45, 2.75) is 38.1 Å². The number of pyridine rings is 1. The van der Waals surface area contributed by atoms with E-state index in [2.05, 4.69) is 47.7 Å². The van der Waals surface area contributed by atoms with E-state index in [4.69, 9.17) is 5.84 Å². The molecule has 0 saturated heterocycles. The minimum atomic E-state index is -0.0464. The molecule has 2 aromatic rings. The lowest BCUT2D eigenvalue weighted by Crippen LogP contribution is -2.29. The quantitative estimate of drug-likeness (QED) is 0.660. The van der Waals surface area contributed by atoms with Gasteiger partial charge in [-0.25, -0.2) is 5.43 Å². The standard InChI is InChI=1S/C17H21N3/c1-12-8-9-19-16(10-12)17(20-18)15-7-3-6-14(11-15)13-4-2-5-13/h3,6-11,13,17,20H,2,4-5,18H2,1H3. The molecule has 0 spiro atoms. The van der Waals surface area contributed by atoms with Crippen LogP contribution in [0.4, 0.5) is 0 Å². The van der Waals surface area contributed by atoms with Crippen molar-refractivity contribution in [2.75, 3.05) is 0 Å². The summed E-state index contributed by atoms with van der Waals surface area (Å²) >= 11 is 0. The molecule has 1 heterocycles. The zero-order valence-corrected chi connectivity index (χ0v) is 11.8. The van der Waals surface area contributed by atoms with E-state index < -0.39 is 0 Å². The Balaban J connectivity index is 1.92. The Labute approximate surface area is 120 Å².